The van der Waals surface area contributed by atoms with Crippen LogP contribution in [0.4, 0.5) is 4.79 Å². The van der Waals surface area contributed by atoms with E-state index in [0.717, 1.165) is 11.4 Å². The Kier molecular flexibility index (Phi) is 4.39. The fourth-order valence-corrected chi connectivity index (χ4v) is 2.58. The number of rotatable bonds is 3. The predicted molar refractivity (Wildman–Crippen MR) is 82.4 cm³/mol. The molecule has 0 aliphatic carbocycles. The number of benzene rings is 1. The molecule has 1 aromatic heterocycles. The summed E-state index contributed by atoms with van der Waals surface area (Å²) in [6.45, 7) is 2.42. The van der Waals surface area contributed by atoms with Crippen molar-refractivity contribution in [3.8, 4) is 0 Å². The topological polar surface area (TPSA) is 59.4 Å². The fourth-order valence-electron chi connectivity index (χ4n) is 2.58. The van der Waals surface area contributed by atoms with Gasteiger partial charge < -0.3 is 19.5 Å². The number of carbonyl (C=O) groups excluding carboxylic acids is 1. The van der Waals surface area contributed by atoms with E-state index < -0.39 is 0 Å². The third kappa shape index (κ3) is 3.12. The molecular formula is C16H20N4O2. The molecule has 1 aliphatic heterocycles. The zero-order valence-corrected chi connectivity index (χ0v) is 12.6. The summed E-state index contributed by atoms with van der Waals surface area (Å²) in [7, 11) is 1.93. The normalized spacial score (nSPS) is 16.3. The highest BCUT2D eigenvalue weighted by Crippen LogP contribution is 2.20. The molecule has 2 heterocycles. The van der Waals surface area contributed by atoms with Crippen molar-refractivity contribution in [2.24, 2.45) is 7.05 Å². The molecule has 0 radical (unpaired) electrons. The molecule has 1 atom stereocenters. The largest absolute Gasteiger partial charge is 0.378 e. The lowest BCUT2D eigenvalue weighted by Crippen LogP contribution is -2.47. The number of ether oxygens (including phenoxy) is 1. The van der Waals surface area contributed by atoms with Crippen LogP contribution in [0.25, 0.3) is 0 Å². The first kappa shape index (κ1) is 14.6. The molecule has 116 valence electrons. The molecule has 1 aromatic carbocycles. The lowest BCUT2D eigenvalue weighted by molar-refractivity contribution is 0.0527. The highest BCUT2D eigenvalue weighted by atomic mass is 16.5. The number of imidazole rings is 1. The number of hydrogen-bond acceptors (Lipinski definition) is 3. The minimum absolute atomic E-state index is 0.0832. The van der Waals surface area contributed by atoms with Crippen molar-refractivity contribution in [1.82, 2.24) is 19.8 Å². The molecule has 1 N–H and O–H groups in total. The number of nitrogens with one attached hydrogen (secondary N) is 1. The van der Waals surface area contributed by atoms with Gasteiger partial charge in [-0.1, -0.05) is 30.3 Å². The number of nitrogens with zero attached hydrogens (tertiary/aromatic N) is 3. The van der Waals surface area contributed by atoms with Gasteiger partial charge in [0.15, 0.2) is 0 Å². The molecule has 0 saturated carbocycles. The minimum atomic E-state index is -0.267. The van der Waals surface area contributed by atoms with Crippen molar-refractivity contribution in [2.45, 2.75) is 6.04 Å². The Morgan fingerprint density at radius 3 is 2.64 bits per heavy atom. The maximum atomic E-state index is 12.5. The third-order valence-corrected chi connectivity index (χ3v) is 3.82. The van der Waals surface area contributed by atoms with Crippen LogP contribution in [0.3, 0.4) is 0 Å². The third-order valence-electron chi connectivity index (χ3n) is 3.82. The molecule has 2 aromatic rings. The molecule has 1 aliphatic rings. The van der Waals surface area contributed by atoms with Crippen molar-refractivity contribution in [1.29, 1.82) is 0 Å². The zero-order chi connectivity index (χ0) is 15.4. The Labute approximate surface area is 129 Å². The molecule has 1 saturated heterocycles. The summed E-state index contributed by atoms with van der Waals surface area (Å²) < 4.78 is 7.22. The number of carbonyl (C=O) groups is 1. The van der Waals surface area contributed by atoms with Crippen molar-refractivity contribution in [2.75, 3.05) is 26.3 Å². The monoisotopic (exact) mass is 300 g/mol. The van der Waals surface area contributed by atoms with Crippen LogP contribution >= 0.6 is 0 Å². The van der Waals surface area contributed by atoms with Gasteiger partial charge in [-0.05, 0) is 5.56 Å². The van der Waals surface area contributed by atoms with Crippen molar-refractivity contribution in [3.05, 3.63) is 54.1 Å². The molecule has 6 heteroatoms. The molecule has 2 amide bonds. The number of hydrogen-bond donors (Lipinski definition) is 1. The fraction of sp³-hybridized carbons (Fsp3) is 0.375. The molecule has 3 rings (SSSR count). The van der Waals surface area contributed by atoms with E-state index in [-0.39, 0.29) is 12.1 Å². The van der Waals surface area contributed by atoms with Gasteiger partial charge >= 0.3 is 6.03 Å². The van der Waals surface area contributed by atoms with Crippen LogP contribution in [0.15, 0.2) is 42.7 Å². The summed E-state index contributed by atoms with van der Waals surface area (Å²) in [6.07, 6.45) is 3.62. The second-order valence-corrected chi connectivity index (χ2v) is 5.29. The molecule has 0 spiro atoms. The SMILES string of the molecule is Cn1ccnc1C(NC(=O)N1CCOCC1)c1ccccc1. The van der Waals surface area contributed by atoms with Crippen LogP contribution < -0.4 is 5.32 Å². The van der Waals surface area contributed by atoms with Crippen molar-refractivity contribution in [3.63, 3.8) is 0 Å². The lowest BCUT2D eigenvalue weighted by atomic mass is 10.1. The maximum Gasteiger partial charge on any atom is 0.318 e. The van der Waals surface area contributed by atoms with Crippen molar-refractivity contribution >= 4 is 6.03 Å². The molecular weight excluding hydrogens is 280 g/mol. The van der Waals surface area contributed by atoms with Crippen LogP contribution in [0, 0.1) is 0 Å². The van der Waals surface area contributed by atoms with Crippen LogP contribution in [0.5, 0.6) is 0 Å². The van der Waals surface area contributed by atoms with Gasteiger partial charge in [-0.3, -0.25) is 0 Å². The molecule has 1 fully saturated rings. The second-order valence-electron chi connectivity index (χ2n) is 5.29. The lowest BCUT2D eigenvalue weighted by Gasteiger charge is -2.29. The standard InChI is InChI=1S/C16H20N4O2/c1-19-8-7-17-15(19)14(13-5-3-2-4-6-13)18-16(21)20-9-11-22-12-10-20/h2-8,14H,9-12H2,1H3,(H,18,21). The summed E-state index contributed by atoms with van der Waals surface area (Å²) in [6, 6.07) is 9.54. The summed E-state index contributed by atoms with van der Waals surface area (Å²) >= 11 is 0. The quantitative estimate of drug-likeness (QED) is 0.935. The smallest absolute Gasteiger partial charge is 0.318 e. The summed E-state index contributed by atoms with van der Waals surface area (Å²) in [5.41, 5.74) is 1.01. The number of aryl methyl sites for hydroxylation is 1. The first-order valence-electron chi connectivity index (χ1n) is 7.41. The van der Waals surface area contributed by atoms with Crippen LogP contribution in [0.1, 0.15) is 17.4 Å². The van der Waals surface area contributed by atoms with Crippen LogP contribution in [0.2, 0.25) is 0 Å². The van der Waals surface area contributed by atoms with Gasteiger partial charge in [0.25, 0.3) is 0 Å². The number of aromatic nitrogens is 2. The molecule has 22 heavy (non-hydrogen) atoms. The average molecular weight is 300 g/mol. The summed E-state index contributed by atoms with van der Waals surface area (Å²) in [5, 5.41) is 3.09. The Balaban J connectivity index is 1.83. The average Bonchev–Trinajstić information content (AvgIpc) is 3.00. The van der Waals surface area contributed by atoms with E-state index in [1.807, 2.05) is 48.1 Å². The van der Waals surface area contributed by atoms with Gasteiger partial charge in [0.2, 0.25) is 0 Å². The Morgan fingerprint density at radius 1 is 1.27 bits per heavy atom. The maximum absolute atomic E-state index is 12.5. The van der Waals surface area contributed by atoms with Gasteiger partial charge in [-0.15, -0.1) is 0 Å². The van der Waals surface area contributed by atoms with E-state index in [4.69, 9.17) is 4.74 Å². The minimum Gasteiger partial charge on any atom is -0.378 e. The number of urea groups is 1. The summed E-state index contributed by atoms with van der Waals surface area (Å²) in [4.78, 5) is 18.7. The van der Waals surface area contributed by atoms with E-state index in [1.54, 1.807) is 11.1 Å². The Morgan fingerprint density at radius 2 is 2.00 bits per heavy atom. The van der Waals surface area contributed by atoms with E-state index in [2.05, 4.69) is 10.3 Å². The van der Waals surface area contributed by atoms with Crippen LogP contribution in [-0.2, 0) is 11.8 Å². The predicted octanol–water partition coefficient (Wildman–Crippen LogP) is 1.55. The van der Waals surface area contributed by atoms with E-state index in [9.17, 15) is 4.79 Å². The summed E-state index contributed by atoms with van der Waals surface area (Å²) in [5.74, 6) is 0.813. The second kappa shape index (κ2) is 6.62. The van der Waals surface area contributed by atoms with Gasteiger partial charge in [-0.25, -0.2) is 9.78 Å². The Hall–Kier alpha value is -2.34. The number of amides is 2. The van der Waals surface area contributed by atoms with Crippen LogP contribution in [-0.4, -0.2) is 46.8 Å². The van der Waals surface area contributed by atoms with Gasteiger partial charge in [0.05, 0.1) is 13.2 Å². The van der Waals surface area contributed by atoms with E-state index in [1.165, 1.54) is 0 Å². The molecule has 1 unspecified atom stereocenters. The van der Waals surface area contributed by atoms with E-state index >= 15 is 0 Å². The first-order chi connectivity index (χ1) is 10.8. The Bertz CT molecular complexity index is 620. The van der Waals surface area contributed by atoms with Gasteiger partial charge in [0, 0.05) is 32.5 Å². The van der Waals surface area contributed by atoms with Gasteiger partial charge in [0.1, 0.15) is 11.9 Å². The van der Waals surface area contributed by atoms with E-state index in [0.29, 0.717) is 26.3 Å². The highest BCUT2D eigenvalue weighted by Gasteiger charge is 2.24. The molecule has 0 bridgehead atoms. The zero-order valence-electron chi connectivity index (χ0n) is 12.6. The van der Waals surface area contributed by atoms with Gasteiger partial charge in [-0.2, -0.15) is 0 Å². The molecule has 6 nitrogen and oxygen atoms in total. The number of morpholine rings is 1. The highest BCUT2D eigenvalue weighted by molar-refractivity contribution is 5.75. The van der Waals surface area contributed by atoms with Crippen molar-refractivity contribution < 1.29 is 9.53 Å². The first-order valence-corrected chi connectivity index (χ1v) is 7.41.